The molecule has 0 aromatic rings. The Morgan fingerprint density at radius 3 is 2.00 bits per heavy atom. The second-order valence-corrected chi connectivity index (χ2v) is 8.17. The van der Waals surface area contributed by atoms with E-state index in [0.29, 0.717) is 11.8 Å². The van der Waals surface area contributed by atoms with Gasteiger partial charge in [0.15, 0.2) is 0 Å². The third-order valence-corrected chi connectivity index (χ3v) is 6.27. The van der Waals surface area contributed by atoms with Crippen LogP contribution in [0, 0.1) is 29.6 Å². The molecule has 4 aliphatic carbocycles. The Balaban J connectivity index is 1.39. The summed E-state index contributed by atoms with van der Waals surface area (Å²) in [4.78, 5) is 12.4. The zero-order valence-electron chi connectivity index (χ0n) is 14.1. The van der Waals surface area contributed by atoms with E-state index < -0.39 is 18.3 Å². The van der Waals surface area contributed by atoms with E-state index in [1.807, 2.05) is 0 Å². The molecule has 4 rings (SSSR count). The lowest BCUT2D eigenvalue weighted by Crippen LogP contribution is -2.48. The van der Waals surface area contributed by atoms with Gasteiger partial charge in [-0.3, -0.25) is 4.79 Å². The van der Waals surface area contributed by atoms with Crippen molar-refractivity contribution in [2.45, 2.75) is 70.1 Å². The first-order chi connectivity index (χ1) is 11.2. The van der Waals surface area contributed by atoms with Gasteiger partial charge in [0, 0.05) is 13.3 Å². The second kappa shape index (κ2) is 6.49. The number of carbonyl (C=O) groups excluding carboxylic acids is 1. The highest BCUT2D eigenvalue weighted by Gasteiger charge is 2.52. The summed E-state index contributed by atoms with van der Waals surface area (Å²) in [5, 5.41) is 0. The molecule has 4 saturated carbocycles. The molecule has 0 aromatic carbocycles. The average Bonchev–Trinajstić information content (AvgIpc) is 2.44. The molecular formula is C18H26F4O2. The van der Waals surface area contributed by atoms with Crippen LogP contribution in [0.15, 0.2) is 0 Å². The van der Waals surface area contributed by atoms with Gasteiger partial charge < -0.3 is 4.74 Å². The second-order valence-electron chi connectivity index (χ2n) is 8.17. The molecule has 24 heavy (non-hydrogen) atoms. The summed E-state index contributed by atoms with van der Waals surface area (Å²) in [6.07, 6.45) is 5.01. The summed E-state index contributed by atoms with van der Waals surface area (Å²) in [6.45, 7) is 0.284. The third kappa shape index (κ3) is 3.57. The smallest absolute Gasteiger partial charge is 0.309 e. The highest BCUT2D eigenvalue weighted by atomic mass is 19.3. The lowest BCUT2D eigenvalue weighted by molar-refractivity contribution is -0.201. The predicted molar refractivity (Wildman–Crippen MR) is 80.9 cm³/mol. The van der Waals surface area contributed by atoms with Gasteiger partial charge in [-0.2, -0.15) is 8.78 Å². The average molecular weight is 350 g/mol. The van der Waals surface area contributed by atoms with E-state index in [4.69, 9.17) is 4.74 Å². The standard InChI is InChI=1S/C18H26F4O2/c1-17(19,20)18(21,22)4-2-3-5-24-16(23)15-13-7-11-6-12(9-13)10-14(15)8-11/h11-15H,2-10H2,1H3. The van der Waals surface area contributed by atoms with Crippen molar-refractivity contribution in [2.75, 3.05) is 6.61 Å². The zero-order valence-corrected chi connectivity index (χ0v) is 14.1. The first kappa shape index (κ1) is 18.0. The quantitative estimate of drug-likeness (QED) is 0.364. The summed E-state index contributed by atoms with van der Waals surface area (Å²) in [7, 11) is 0. The van der Waals surface area contributed by atoms with Gasteiger partial charge in [-0.25, -0.2) is 8.78 Å². The lowest BCUT2D eigenvalue weighted by Gasteiger charge is -2.53. The van der Waals surface area contributed by atoms with Crippen molar-refractivity contribution in [3.8, 4) is 0 Å². The molecule has 0 heterocycles. The fourth-order valence-electron chi connectivity index (χ4n) is 5.25. The number of hydrogen-bond acceptors (Lipinski definition) is 2. The first-order valence-electron chi connectivity index (χ1n) is 9.09. The Bertz CT molecular complexity index is 444. The fraction of sp³-hybridized carbons (Fsp3) is 0.944. The highest BCUT2D eigenvalue weighted by Crippen LogP contribution is 2.56. The van der Waals surface area contributed by atoms with Crippen LogP contribution in [0.5, 0.6) is 0 Å². The van der Waals surface area contributed by atoms with E-state index >= 15 is 0 Å². The van der Waals surface area contributed by atoms with E-state index in [9.17, 15) is 22.4 Å². The highest BCUT2D eigenvalue weighted by molar-refractivity contribution is 5.73. The minimum absolute atomic E-state index is 0.0285. The molecule has 2 nitrogen and oxygen atoms in total. The van der Waals surface area contributed by atoms with Gasteiger partial charge in [-0.15, -0.1) is 0 Å². The van der Waals surface area contributed by atoms with Gasteiger partial charge in [0.25, 0.3) is 0 Å². The summed E-state index contributed by atoms with van der Waals surface area (Å²) < 4.78 is 57.0. The van der Waals surface area contributed by atoms with Crippen LogP contribution < -0.4 is 0 Å². The van der Waals surface area contributed by atoms with Crippen LogP contribution in [0.4, 0.5) is 17.6 Å². The van der Waals surface area contributed by atoms with Crippen LogP contribution in [0.3, 0.4) is 0 Å². The molecule has 0 radical (unpaired) electrons. The molecular weight excluding hydrogens is 324 g/mol. The number of rotatable bonds is 7. The summed E-state index contributed by atoms with van der Waals surface area (Å²) >= 11 is 0. The first-order valence-corrected chi connectivity index (χ1v) is 9.09. The molecule has 0 amide bonds. The van der Waals surface area contributed by atoms with Crippen molar-refractivity contribution in [3.05, 3.63) is 0 Å². The van der Waals surface area contributed by atoms with Crippen LogP contribution in [0.2, 0.25) is 0 Å². The zero-order chi connectivity index (χ0) is 17.5. The third-order valence-electron chi connectivity index (χ3n) is 6.27. The summed E-state index contributed by atoms with van der Waals surface area (Å²) in [5.74, 6) is -5.84. The van der Waals surface area contributed by atoms with Crippen LogP contribution >= 0.6 is 0 Å². The molecule has 138 valence electrons. The Hall–Kier alpha value is -0.810. The fourth-order valence-corrected chi connectivity index (χ4v) is 5.25. The van der Waals surface area contributed by atoms with Gasteiger partial charge >= 0.3 is 17.8 Å². The Kier molecular flexibility index (Phi) is 4.86. The monoisotopic (exact) mass is 350 g/mol. The largest absolute Gasteiger partial charge is 0.465 e. The number of unbranched alkanes of at least 4 members (excludes halogenated alkanes) is 1. The molecule has 0 spiro atoms. The van der Waals surface area contributed by atoms with E-state index in [2.05, 4.69) is 0 Å². The topological polar surface area (TPSA) is 26.3 Å². The maximum Gasteiger partial charge on any atom is 0.309 e. The SMILES string of the molecule is CC(F)(F)C(F)(F)CCCCOC(=O)C1C2CC3CC(C2)CC1C3. The van der Waals surface area contributed by atoms with E-state index in [0.717, 1.165) is 37.5 Å². The van der Waals surface area contributed by atoms with Crippen LogP contribution in [0.1, 0.15) is 58.3 Å². The molecule has 0 aromatic heterocycles. The van der Waals surface area contributed by atoms with Crippen LogP contribution in [-0.2, 0) is 9.53 Å². The number of hydrogen-bond donors (Lipinski definition) is 0. The van der Waals surface area contributed by atoms with Gasteiger partial charge in [0.2, 0.25) is 0 Å². The Labute approximate surface area is 140 Å². The van der Waals surface area contributed by atoms with E-state index in [1.54, 1.807) is 0 Å². The van der Waals surface area contributed by atoms with Crippen molar-refractivity contribution in [2.24, 2.45) is 29.6 Å². The van der Waals surface area contributed by atoms with Crippen molar-refractivity contribution in [1.29, 1.82) is 0 Å². The molecule has 0 N–H and O–H groups in total. The van der Waals surface area contributed by atoms with Crippen molar-refractivity contribution >= 4 is 5.97 Å². The van der Waals surface area contributed by atoms with Gasteiger partial charge in [0.05, 0.1) is 12.5 Å². The molecule has 6 heteroatoms. The Morgan fingerprint density at radius 2 is 1.50 bits per heavy atom. The predicted octanol–water partition coefficient (Wildman–Crippen LogP) is 5.06. The molecule has 4 bridgehead atoms. The van der Waals surface area contributed by atoms with Gasteiger partial charge in [-0.05, 0) is 68.6 Å². The minimum Gasteiger partial charge on any atom is -0.465 e. The number of halogens is 4. The molecule has 0 saturated heterocycles. The Morgan fingerprint density at radius 1 is 0.958 bits per heavy atom. The van der Waals surface area contributed by atoms with Gasteiger partial charge in [0.1, 0.15) is 0 Å². The van der Waals surface area contributed by atoms with Crippen molar-refractivity contribution < 1.29 is 27.1 Å². The molecule has 0 aliphatic heterocycles. The maximum absolute atomic E-state index is 13.1. The van der Waals surface area contributed by atoms with E-state index in [-0.39, 0.29) is 38.3 Å². The summed E-state index contributed by atoms with van der Waals surface area (Å²) in [6, 6.07) is 0. The van der Waals surface area contributed by atoms with E-state index in [1.165, 1.54) is 6.42 Å². The number of carbonyl (C=O) groups is 1. The molecule has 0 atom stereocenters. The normalized spacial score (nSPS) is 35.3. The van der Waals surface area contributed by atoms with Crippen molar-refractivity contribution in [1.82, 2.24) is 0 Å². The van der Waals surface area contributed by atoms with Crippen LogP contribution in [0.25, 0.3) is 0 Å². The molecule has 4 fully saturated rings. The number of esters is 1. The summed E-state index contributed by atoms with van der Waals surface area (Å²) in [5.41, 5.74) is 0. The number of alkyl halides is 4. The molecule has 0 unspecified atom stereocenters. The van der Waals surface area contributed by atoms with Crippen molar-refractivity contribution in [3.63, 3.8) is 0 Å². The van der Waals surface area contributed by atoms with Gasteiger partial charge in [-0.1, -0.05) is 0 Å². The maximum atomic E-state index is 13.1. The number of ether oxygens (including phenoxy) is 1. The van der Waals surface area contributed by atoms with Crippen LogP contribution in [-0.4, -0.2) is 24.4 Å². The molecule has 4 aliphatic rings. The lowest BCUT2D eigenvalue weighted by atomic mass is 9.52. The minimum atomic E-state index is -4.01.